The zero-order chi connectivity index (χ0) is 36.4. The average molecular weight is 710 g/mol. The summed E-state index contributed by atoms with van der Waals surface area (Å²) >= 11 is 0. The number of carboxylic acid groups (broad SMARTS) is 1. The van der Waals surface area contributed by atoms with Crippen LogP contribution in [0, 0.1) is 5.92 Å². The predicted molar refractivity (Wildman–Crippen MR) is 172 cm³/mol. The van der Waals surface area contributed by atoms with E-state index in [9.17, 15) is 41.0 Å². The Kier molecular flexibility index (Phi) is 11.0. The molecule has 5 rings (SSSR count). The van der Waals surface area contributed by atoms with Gasteiger partial charge in [-0.05, 0) is 81.2 Å². The average Bonchev–Trinajstić information content (AvgIpc) is 3.52. The van der Waals surface area contributed by atoms with Gasteiger partial charge in [-0.1, -0.05) is 13.8 Å². The van der Waals surface area contributed by atoms with E-state index in [1.807, 2.05) is 43.9 Å². The highest BCUT2D eigenvalue weighted by Crippen LogP contribution is 2.39. The summed E-state index contributed by atoms with van der Waals surface area (Å²) in [5, 5.41) is 9.32. The van der Waals surface area contributed by atoms with E-state index in [-0.39, 0.29) is 36.2 Å². The van der Waals surface area contributed by atoms with E-state index in [0.29, 0.717) is 56.9 Å². The van der Waals surface area contributed by atoms with Gasteiger partial charge < -0.3 is 24.2 Å². The Morgan fingerprint density at radius 3 is 1.92 bits per heavy atom. The molecule has 1 saturated carbocycles. The Balaban J connectivity index is 1.46. The van der Waals surface area contributed by atoms with Crippen LogP contribution in [0.25, 0.3) is 11.1 Å². The Hall–Kier alpha value is -4.30. The van der Waals surface area contributed by atoms with Gasteiger partial charge in [-0.2, -0.15) is 26.3 Å². The van der Waals surface area contributed by atoms with Crippen molar-refractivity contribution < 1.29 is 45.8 Å². The number of piperidine rings is 1. The fraction of sp³-hybridized carbons (Fsp3) is 0.543. The van der Waals surface area contributed by atoms with Crippen molar-refractivity contribution in [3.8, 4) is 11.1 Å². The molecular formula is C35H41F6N5O4. The Morgan fingerprint density at radius 1 is 0.900 bits per heavy atom. The molecule has 2 fully saturated rings. The zero-order valence-electron chi connectivity index (χ0n) is 28.0. The Labute approximate surface area is 286 Å². The van der Waals surface area contributed by atoms with Crippen molar-refractivity contribution in [2.75, 3.05) is 4.90 Å². The van der Waals surface area contributed by atoms with Gasteiger partial charge in [0.05, 0.1) is 17.0 Å². The topological polar surface area (TPSA) is 101 Å². The van der Waals surface area contributed by atoms with Crippen LogP contribution in [0.5, 0.6) is 0 Å². The largest absolute Gasteiger partial charge is 0.481 e. The van der Waals surface area contributed by atoms with Crippen LogP contribution in [0.15, 0.2) is 49.1 Å². The molecule has 272 valence electrons. The van der Waals surface area contributed by atoms with Crippen LogP contribution in [0.1, 0.15) is 81.9 Å². The van der Waals surface area contributed by atoms with Crippen molar-refractivity contribution in [3.63, 3.8) is 0 Å². The number of likely N-dealkylation sites (tertiary alicyclic amines) is 1. The third-order valence-electron chi connectivity index (χ3n) is 9.82. The number of nitrogens with zero attached hydrogens (tertiary/aromatic N) is 5. The fourth-order valence-electron chi connectivity index (χ4n) is 7.12. The number of amides is 1. The van der Waals surface area contributed by atoms with Gasteiger partial charge >= 0.3 is 24.4 Å². The van der Waals surface area contributed by atoms with Gasteiger partial charge in [0.2, 0.25) is 5.95 Å². The Bertz CT molecular complexity index is 1590. The number of aromatic nitrogens is 3. The molecule has 2 aliphatic rings. The molecule has 0 spiro atoms. The van der Waals surface area contributed by atoms with Crippen LogP contribution >= 0.6 is 0 Å². The van der Waals surface area contributed by atoms with Crippen LogP contribution < -0.4 is 4.90 Å². The summed E-state index contributed by atoms with van der Waals surface area (Å²) in [5.41, 5.74) is -1.51. The lowest BCUT2D eigenvalue weighted by Crippen LogP contribution is -2.57. The molecule has 50 heavy (non-hydrogen) atoms. The standard InChI is InChI=1S/C35H41F6N5O4/c1-4-27-15-29(16-28(5-2)46(27)33(49)50-30-8-6-22(7-9-30)31(47)48)45(32-42-17-24(18-43-32)23-10-11-44(3)20-23)19-21-12-25(34(36,37)38)14-26(13-21)35(39,40)41/h10-14,17-18,20,22,27-30H,4-9,15-16,19H2,1-3H3,(H,47,48)/t22-,27-,28+,29+,30-. The summed E-state index contributed by atoms with van der Waals surface area (Å²) in [6, 6.07) is 2.24. The number of carbonyl (C=O) groups excluding carboxylic acids is 1. The van der Waals surface area contributed by atoms with Crippen LogP contribution in [0.2, 0.25) is 0 Å². The molecule has 3 heterocycles. The normalized spacial score (nSPS) is 23.1. The van der Waals surface area contributed by atoms with Crippen molar-refractivity contribution >= 4 is 18.0 Å². The van der Waals surface area contributed by atoms with E-state index in [2.05, 4.69) is 9.97 Å². The number of rotatable bonds is 9. The lowest BCUT2D eigenvalue weighted by atomic mass is 9.87. The number of carboxylic acids is 1. The van der Waals surface area contributed by atoms with Crippen LogP contribution in [-0.4, -0.2) is 60.8 Å². The number of alkyl halides is 6. The van der Waals surface area contributed by atoms with Gasteiger partial charge in [0.1, 0.15) is 6.10 Å². The molecule has 0 unspecified atom stereocenters. The van der Waals surface area contributed by atoms with Crippen molar-refractivity contribution in [2.45, 2.75) is 108 Å². The van der Waals surface area contributed by atoms with E-state index in [1.165, 1.54) is 0 Å². The monoisotopic (exact) mass is 709 g/mol. The highest BCUT2D eigenvalue weighted by Gasteiger charge is 2.42. The summed E-state index contributed by atoms with van der Waals surface area (Å²) in [7, 11) is 1.85. The van der Waals surface area contributed by atoms with E-state index < -0.39 is 53.6 Å². The van der Waals surface area contributed by atoms with Crippen molar-refractivity contribution in [1.29, 1.82) is 0 Å². The SMILES string of the molecule is CC[C@@H]1C[C@H](N(Cc2cc(C(F)(F)F)cc(C(F)(F)F)c2)c2ncc(-c3ccn(C)c3)cn2)C[C@H](CC)N1C(=O)O[C@H]1CC[C@H](C(=O)O)CC1. The quantitative estimate of drug-likeness (QED) is 0.223. The first-order valence-corrected chi connectivity index (χ1v) is 16.8. The lowest BCUT2D eigenvalue weighted by molar-refractivity contribution is -0.144. The zero-order valence-corrected chi connectivity index (χ0v) is 28.0. The second kappa shape index (κ2) is 14.9. The number of aryl methyl sites for hydroxylation is 1. The van der Waals surface area contributed by atoms with Crippen molar-refractivity contribution in [3.05, 3.63) is 65.7 Å². The van der Waals surface area contributed by atoms with Crippen LogP contribution in [0.3, 0.4) is 0 Å². The van der Waals surface area contributed by atoms with Gasteiger partial charge in [-0.15, -0.1) is 0 Å². The van der Waals surface area contributed by atoms with Gasteiger partial charge in [-0.3, -0.25) is 4.79 Å². The lowest BCUT2D eigenvalue weighted by Gasteiger charge is -2.47. The number of hydrogen-bond donors (Lipinski definition) is 1. The minimum Gasteiger partial charge on any atom is -0.481 e. The number of ether oxygens (including phenoxy) is 1. The minimum absolute atomic E-state index is 0.109. The number of anilines is 1. The molecular weight excluding hydrogens is 668 g/mol. The number of hydrogen-bond acceptors (Lipinski definition) is 6. The molecule has 3 aromatic rings. The minimum atomic E-state index is -5.01. The maximum Gasteiger partial charge on any atom is 0.416 e. The molecule has 1 saturated heterocycles. The molecule has 1 aromatic carbocycles. The maximum atomic E-state index is 13.8. The number of halogens is 6. The highest BCUT2D eigenvalue weighted by molar-refractivity contribution is 5.70. The summed E-state index contributed by atoms with van der Waals surface area (Å²) in [6.07, 6.45) is -0.704. The molecule has 2 aromatic heterocycles. The van der Waals surface area contributed by atoms with Gasteiger partial charge in [0, 0.05) is 67.6 Å². The molecule has 1 amide bonds. The molecule has 15 heteroatoms. The second-order valence-electron chi connectivity index (χ2n) is 13.2. The highest BCUT2D eigenvalue weighted by atomic mass is 19.4. The first-order valence-electron chi connectivity index (χ1n) is 16.8. The molecule has 9 nitrogen and oxygen atoms in total. The van der Waals surface area contributed by atoms with Gasteiger partial charge in [0.25, 0.3) is 0 Å². The number of benzene rings is 1. The summed E-state index contributed by atoms with van der Waals surface area (Å²) in [4.78, 5) is 37.4. The smallest absolute Gasteiger partial charge is 0.416 e. The number of carbonyl (C=O) groups is 2. The van der Waals surface area contributed by atoms with E-state index >= 15 is 0 Å². The molecule has 0 radical (unpaired) electrons. The summed E-state index contributed by atoms with van der Waals surface area (Å²) < 4.78 is 90.6. The van der Waals surface area contributed by atoms with Crippen LogP contribution in [-0.2, 0) is 35.5 Å². The summed E-state index contributed by atoms with van der Waals surface area (Å²) in [5.74, 6) is -1.19. The summed E-state index contributed by atoms with van der Waals surface area (Å²) in [6.45, 7) is 3.46. The van der Waals surface area contributed by atoms with Crippen molar-refractivity contribution in [2.24, 2.45) is 13.0 Å². The third kappa shape index (κ3) is 8.52. The third-order valence-corrected chi connectivity index (χ3v) is 9.82. The van der Waals surface area contributed by atoms with E-state index in [4.69, 9.17) is 4.74 Å². The molecule has 3 atom stereocenters. The molecule has 1 N–H and O–H groups in total. The molecule has 1 aliphatic heterocycles. The van der Waals surface area contributed by atoms with Crippen LogP contribution in [0.4, 0.5) is 37.1 Å². The van der Waals surface area contributed by atoms with E-state index in [0.717, 1.165) is 17.7 Å². The first-order chi connectivity index (χ1) is 23.6. The van der Waals surface area contributed by atoms with Gasteiger partial charge in [0.15, 0.2) is 0 Å². The van der Waals surface area contributed by atoms with Crippen molar-refractivity contribution in [1.82, 2.24) is 19.4 Å². The Morgan fingerprint density at radius 2 is 1.46 bits per heavy atom. The molecule has 0 bridgehead atoms. The fourth-order valence-corrected chi connectivity index (χ4v) is 7.12. The second-order valence-corrected chi connectivity index (χ2v) is 13.2. The number of aliphatic carboxylic acids is 1. The predicted octanol–water partition coefficient (Wildman–Crippen LogP) is 8.33. The maximum absolute atomic E-state index is 13.8. The van der Waals surface area contributed by atoms with E-state index in [1.54, 1.807) is 22.2 Å². The van der Waals surface area contributed by atoms with Gasteiger partial charge in [-0.25, -0.2) is 14.8 Å². The first kappa shape index (κ1) is 37.0. The molecule has 1 aliphatic carbocycles.